The van der Waals surface area contributed by atoms with Gasteiger partial charge in [0.15, 0.2) is 0 Å². The molecule has 0 N–H and O–H groups in total. The molecule has 0 fully saturated rings. The second-order valence-electron chi connectivity index (χ2n) is 1.72. The Morgan fingerprint density at radius 1 is 1.70 bits per heavy atom. The lowest BCUT2D eigenvalue weighted by atomic mass is 9.95. The third-order valence-corrected chi connectivity index (χ3v) is 2.38. The second kappa shape index (κ2) is 2.67. The highest BCUT2D eigenvalue weighted by molar-refractivity contribution is 9.10. The lowest BCUT2D eigenvalue weighted by molar-refractivity contribution is 0.604. The van der Waals surface area contributed by atoms with Gasteiger partial charge in [-0.3, -0.25) is 0 Å². The summed E-state index contributed by atoms with van der Waals surface area (Å²) in [5.41, 5.74) is -3.21. The Hall–Kier alpha value is 0.180. The maximum absolute atomic E-state index is 7.81. The molecule has 0 atom stereocenters. The van der Waals surface area contributed by atoms with Gasteiger partial charge in [-0.05, 0) is 27.4 Å². The van der Waals surface area contributed by atoms with Crippen molar-refractivity contribution in [1.82, 2.24) is 0 Å². The van der Waals surface area contributed by atoms with Crippen LogP contribution in [0.4, 0.5) is 0 Å². The lowest BCUT2D eigenvalue weighted by Gasteiger charge is -2.14. The first-order valence-electron chi connectivity index (χ1n) is 7.85. The van der Waals surface area contributed by atoms with E-state index < -0.39 is 36.9 Å². The molecule has 0 nitrogen and oxygen atoms in total. The topological polar surface area (TPSA) is 0 Å². The quantitative estimate of drug-likeness (QED) is 0.635. The molecule has 1 aromatic heterocycles. The number of halogens is 1. The van der Waals surface area contributed by atoms with Crippen LogP contribution >= 0.6 is 27.3 Å². The van der Waals surface area contributed by atoms with Gasteiger partial charge in [-0.15, -0.1) is 11.3 Å². The van der Waals surface area contributed by atoms with Gasteiger partial charge >= 0.3 is 0 Å². The van der Waals surface area contributed by atoms with Gasteiger partial charge < -0.3 is 0 Å². The Bertz CT molecular complexity index is 498. The maximum Gasteiger partial charge on any atom is 0.0752 e. The number of thiophene rings is 1. The van der Waals surface area contributed by atoms with Gasteiger partial charge in [0.1, 0.15) is 0 Å². The molecule has 1 aromatic rings. The van der Waals surface area contributed by atoms with Gasteiger partial charge in [0.25, 0.3) is 0 Å². The molecule has 1 heterocycles. The summed E-state index contributed by atoms with van der Waals surface area (Å²) < 4.78 is 83.0. The fourth-order valence-corrected chi connectivity index (χ4v) is 1.54. The van der Waals surface area contributed by atoms with E-state index in [1.807, 2.05) is 0 Å². The Morgan fingerprint density at radius 2 is 2.40 bits per heavy atom. The second-order valence-corrected chi connectivity index (χ2v) is 3.33. The van der Waals surface area contributed by atoms with Crippen molar-refractivity contribution in [2.75, 3.05) is 0 Å². The fraction of sp³-hybridized carbons (Fsp3) is 0.500. The van der Waals surface area contributed by atoms with Crippen LogP contribution in [0, 0.1) is 0 Å². The van der Waals surface area contributed by atoms with E-state index in [4.69, 9.17) is 15.1 Å². The third-order valence-electron chi connectivity index (χ3n) is 0.807. The number of hydrogen-bond acceptors (Lipinski definition) is 1. The van der Waals surface area contributed by atoms with E-state index in [9.17, 15) is 0 Å². The summed E-state index contributed by atoms with van der Waals surface area (Å²) in [6, 6.07) is -0.589. The summed E-state index contributed by atoms with van der Waals surface area (Å²) in [5.74, 6) is 0. The minimum absolute atomic E-state index is 0.121. The molecule has 10 heavy (non-hydrogen) atoms. The molecular weight excluding hydrogens is 208 g/mol. The molecule has 0 aliphatic rings. The first kappa shape index (κ1) is 1.91. The van der Waals surface area contributed by atoms with Gasteiger partial charge in [-0.1, -0.05) is 20.6 Å². The van der Waals surface area contributed by atoms with E-state index in [2.05, 4.69) is 15.9 Å². The van der Waals surface area contributed by atoms with Crippen LogP contribution in [0.15, 0.2) is 15.9 Å². The van der Waals surface area contributed by atoms with Crippen LogP contribution in [0.2, 0.25) is 0 Å². The smallest absolute Gasteiger partial charge is 0.0752 e. The van der Waals surface area contributed by atoms with Gasteiger partial charge in [-0.25, -0.2) is 0 Å². The molecule has 2 heteroatoms. The minimum Gasteiger partial charge on any atom is -0.147 e. The normalized spacial score (nSPS) is 31.9. The summed E-state index contributed by atoms with van der Waals surface area (Å²) in [5, 5.41) is -0.294. The molecule has 0 saturated heterocycles. The molecule has 0 amide bonds. The minimum atomic E-state index is -3.41. The van der Waals surface area contributed by atoms with Crippen molar-refractivity contribution in [3.05, 3.63) is 20.7 Å². The average Bonchev–Trinajstić information content (AvgIpc) is 2.40. The molecule has 0 unspecified atom stereocenters. The zero-order chi connectivity index (χ0) is 17.0. The molecule has 0 saturated carbocycles. The third kappa shape index (κ3) is 1.83. The van der Waals surface area contributed by atoms with Crippen LogP contribution in [-0.2, 0) is 5.41 Å². The Balaban J connectivity index is 3.96. The SMILES string of the molecule is [2H]c1sc(C(C([2H])([2H])[2H])(C([2H])([2H])[2H])C([2H])([2H])[2H])c([2H])c1Br. The van der Waals surface area contributed by atoms with Crippen molar-refractivity contribution >= 4 is 27.3 Å². The van der Waals surface area contributed by atoms with Crippen LogP contribution in [0.25, 0.3) is 0 Å². The molecule has 56 valence electrons. The summed E-state index contributed by atoms with van der Waals surface area (Å²) in [4.78, 5) is -0.653. The van der Waals surface area contributed by atoms with Gasteiger partial charge in [0.05, 0.1) is 2.74 Å². The Kier molecular flexibility index (Phi) is 0.510. The van der Waals surface area contributed by atoms with Crippen molar-refractivity contribution < 1.29 is 15.1 Å². The van der Waals surface area contributed by atoms with E-state index in [0.717, 1.165) is 0 Å². The summed E-state index contributed by atoms with van der Waals surface area (Å²) in [7, 11) is 0. The van der Waals surface area contributed by atoms with E-state index in [1.54, 1.807) is 0 Å². The molecular formula is C8H11BrS. The highest BCUT2D eigenvalue weighted by atomic mass is 79.9. The maximum atomic E-state index is 7.81. The van der Waals surface area contributed by atoms with Gasteiger partial charge in [-0.2, -0.15) is 0 Å². The van der Waals surface area contributed by atoms with Crippen LogP contribution < -0.4 is 0 Å². The zero-order valence-corrected chi connectivity index (χ0v) is 7.19. The Labute approximate surface area is 89.9 Å². The number of rotatable bonds is 0. The average molecular weight is 230 g/mol. The van der Waals surface area contributed by atoms with Crippen LogP contribution in [-0.4, -0.2) is 0 Å². The molecule has 0 aromatic carbocycles. The molecule has 1 rings (SSSR count). The van der Waals surface area contributed by atoms with Crippen molar-refractivity contribution in [3.63, 3.8) is 0 Å². The van der Waals surface area contributed by atoms with E-state index in [0.29, 0.717) is 11.3 Å². The Morgan fingerprint density at radius 3 is 2.80 bits per heavy atom. The summed E-state index contributed by atoms with van der Waals surface area (Å²) in [6.07, 6.45) is 0. The predicted octanol–water partition coefficient (Wildman–Crippen LogP) is 3.81. The first-order valence-corrected chi connectivity index (χ1v) is 3.96. The molecule has 0 aliphatic carbocycles. The standard InChI is InChI=1S/C8H11BrS/c1-8(2,3)7-4-6(9)5-10-7/h4-5H,1-3H3/i1D3,2D3,3D3,4D,5D. The van der Waals surface area contributed by atoms with Gasteiger partial charge in [0.2, 0.25) is 0 Å². The summed E-state index contributed by atoms with van der Waals surface area (Å²) >= 11 is 3.26. The largest absolute Gasteiger partial charge is 0.147 e. The van der Waals surface area contributed by atoms with E-state index in [-0.39, 0.29) is 9.83 Å². The van der Waals surface area contributed by atoms with Gasteiger partial charge in [0, 0.05) is 27.0 Å². The molecule has 0 bridgehead atoms. The first-order chi connectivity index (χ1) is 9.09. The van der Waals surface area contributed by atoms with Crippen LogP contribution in [0.5, 0.6) is 0 Å². The highest BCUT2D eigenvalue weighted by Gasteiger charge is 2.14. The highest BCUT2D eigenvalue weighted by Crippen LogP contribution is 2.30. The van der Waals surface area contributed by atoms with Crippen molar-refractivity contribution in [2.24, 2.45) is 0 Å². The predicted molar refractivity (Wildman–Crippen MR) is 50.7 cm³/mol. The fourth-order valence-electron chi connectivity index (χ4n) is 0.417. The summed E-state index contributed by atoms with van der Waals surface area (Å²) in [6.45, 7) is -10.2. The lowest BCUT2D eigenvalue weighted by Crippen LogP contribution is -2.07. The van der Waals surface area contributed by atoms with E-state index in [1.165, 1.54) is 0 Å². The van der Waals surface area contributed by atoms with Crippen molar-refractivity contribution in [1.29, 1.82) is 0 Å². The molecule has 0 aliphatic heterocycles. The van der Waals surface area contributed by atoms with Crippen LogP contribution in [0.1, 0.15) is 40.5 Å². The monoisotopic (exact) mass is 229 g/mol. The van der Waals surface area contributed by atoms with E-state index >= 15 is 0 Å². The van der Waals surface area contributed by atoms with Crippen molar-refractivity contribution in [2.45, 2.75) is 26.0 Å². The molecule has 0 radical (unpaired) electrons. The zero-order valence-electron chi connectivity index (χ0n) is 15.8. The molecule has 0 spiro atoms. The number of hydrogen-bond donors (Lipinski definition) is 0. The van der Waals surface area contributed by atoms with Crippen molar-refractivity contribution in [3.8, 4) is 0 Å². The van der Waals surface area contributed by atoms with Crippen LogP contribution in [0.3, 0.4) is 0 Å².